The predicted molar refractivity (Wildman–Crippen MR) is 169 cm³/mol. The van der Waals surface area contributed by atoms with E-state index >= 15 is 0 Å². The summed E-state index contributed by atoms with van der Waals surface area (Å²) in [6.07, 6.45) is 38.2. The molecule has 0 fully saturated rings. The van der Waals surface area contributed by atoms with Crippen LogP contribution >= 0.6 is 11.9 Å². The van der Waals surface area contributed by atoms with Gasteiger partial charge in [0, 0.05) is 25.0 Å². The smallest absolute Gasteiger partial charge is 0.0564 e. The van der Waals surface area contributed by atoms with Gasteiger partial charge in [-0.2, -0.15) is 0 Å². The van der Waals surface area contributed by atoms with Crippen molar-refractivity contribution in [1.82, 2.24) is 4.90 Å². The lowest BCUT2D eigenvalue weighted by Gasteiger charge is -2.22. The van der Waals surface area contributed by atoms with Crippen molar-refractivity contribution in [2.45, 2.75) is 61.3 Å². The first kappa shape index (κ1) is 33.2. The summed E-state index contributed by atoms with van der Waals surface area (Å²) in [4.78, 5) is 2.37. The summed E-state index contributed by atoms with van der Waals surface area (Å²) in [7, 11) is 0. The fraction of sp³-hybridized carbons (Fsp3) is 0.364. The first-order valence-electron chi connectivity index (χ1n) is 12.9. The molecule has 0 saturated carbocycles. The minimum absolute atomic E-state index is 0.834. The first-order valence-corrected chi connectivity index (χ1v) is 14.1. The Kier molecular flexibility index (Phi) is 20.9. The van der Waals surface area contributed by atoms with E-state index in [1.54, 1.807) is 0 Å². The van der Waals surface area contributed by atoms with Gasteiger partial charge >= 0.3 is 0 Å². The van der Waals surface area contributed by atoms with Gasteiger partial charge in [0.15, 0.2) is 0 Å². The van der Waals surface area contributed by atoms with E-state index in [0.29, 0.717) is 0 Å². The first-order chi connectivity index (χ1) is 17.5. The van der Waals surface area contributed by atoms with E-state index in [9.17, 15) is 0 Å². The molecule has 0 spiro atoms. The van der Waals surface area contributed by atoms with Crippen LogP contribution in [-0.4, -0.2) is 30.0 Å². The summed E-state index contributed by atoms with van der Waals surface area (Å²) in [6, 6.07) is 0. The molecule has 3 heteroatoms. The van der Waals surface area contributed by atoms with Crippen molar-refractivity contribution < 1.29 is 0 Å². The summed E-state index contributed by atoms with van der Waals surface area (Å²) in [5, 5.41) is 0. The molecule has 0 aliphatic carbocycles. The van der Waals surface area contributed by atoms with E-state index in [1.165, 1.54) is 34.4 Å². The van der Waals surface area contributed by atoms with Crippen molar-refractivity contribution in [3.05, 3.63) is 120 Å². The average molecular weight is 505 g/mol. The highest BCUT2D eigenvalue weighted by atomic mass is 32.2. The molecule has 0 unspecified atom stereocenters. The molecule has 0 aromatic heterocycles. The third-order valence-electron chi connectivity index (χ3n) is 5.41. The topological polar surface area (TPSA) is 15.6 Å². The van der Waals surface area contributed by atoms with Crippen LogP contribution in [0.1, 0.15) is 61.3 Å². The fourth-order valence-electron chi connectivity index (χ4n) is 3.53. The second-order valence-corrected chi connectivity index (χ2v) is 8.50. The van der Waals surface area contributed by atoms with Crippen LogP contribution in [0.25, 0.3) is 0 Å². The van der Waals surface area contributed by atoms with Gasteiger partial charge in [0.2, 0.25) is 0 Å². The molecule has 0 radical (unpaired) electrons. The van der Waals surface area contributed by atoms with Crippen LogP contribution < -0.4 is 0 Å². The Morgan fingerprint density at radius 2 is 1.33 bits per heavy atom. The third-order valence-corrected chi connectivity index (χ3v) is 5.81. The maximum atomic E-state index is 4.79. The van der Waals surface area contributed by atoms with Crippen LogP contribution in [0.3, 0.4) is 0 Å². The molecule has 0 saturated heterocycles. The van der Waals surface area contributed by atoms with Crippen LogP contribution in [0.5, 0.6) is 0 Å². The number of nitrogens with zero attached hydrogens (tertiary/aromatic N) is 2. The molecule has 196 valence electrons. The Bertz CT molecular complexity index is 944. The van der Waals surface area contributed by atoms with Gasteiger partial charge in [-0.1, -0.05) is 91.1 Å². The monoisotopic (exact) mass is 504 g/mol. The highest BCUT2D eigenvalue weighted by Crippen LogP contribution is 2.25. The number of allylic oxidation sites excluding steroid dienone is 18. The average Bonchev–Trinajstić information content (AvgIpc) is 2.89. The van der Waals surface area contributed by atoms with Gasteiger partial charge in [-0.15, -0.1) is 0 Å². The number of hydrogen-bond donors (Lipinski definition) is 0. The Labute approximate surface area is 226 Å². The highest BCUT2D eigenvalue weighted by Gasteiger charge is 2.13. The van der Waals surface area contributed by atoms with Crippen molar-refractivity contribution in [3.8, 4) is 0 Å². The van der Waals surface area contributed by atoms with Gasteiger partial charge in [-0.3, -0.25) is 0 Å². The Hall–Kier alpha value is -2.78. The van der Waals surface area contributed by atoms with Gasteiger partial charge in [0.25, 0.3) is 0 Å². The predicted octanol–water partition coefficient (Wildman–Crippen LogP) is 9.93. The molecule has 0 N–H and O–H groups in total. The lowest BCUT2D eigenvalue weighted by molar-refractivity contribution is 0.422. The Balaban J connectivity index is 5.79. The molecule has 2 nitrogen and oxygen atoms in total. The minimum atomic E-state index is 0.834. The summed E-state index contributed by atoms with van der Waals surface area (Å²) in [5.74, 6) is 0. The van der Waals surface area contributed by atoms with Crippen molar-refractivity contribution in [3.63, 3.8) is 0 Å². The number of hydrogen-bond acceptors (Lipinski definition) is 3. The van der Waals surface area contributed by atoms with Gasteiger partial charge in [0.1, 0.15) is 0 Å². The molecule has 36 heavy (non-hydrogen) atoms. The van der Waals surface area contributed by atoms with Crippen molar-refractivity contribution in [2.24, 2.45) is 4.40 Å². The molecule has 0 atom stereocenters. The molecular formula is C33H48N2S. The van der Waals surface area contributed by atoms with E-state index in [1.807, 2.05) is 39.2 Å². The second kappa shape index (κ2) is 22.7. The maximum absolute atomic E-state index is 4.79. The standard InChI is InChI=1S/C33H48N2S/c1-9-15-18-20-21-26-33(34-36-8)32(14-6)31(13-5)30(12-4)25-23-28-35(27-22-19-16-10-2)29(7)24-17-11-3/h9-20,22-25H,21,26-28H2,1-8H3/b15-9-,16-10-,17-11-,20-18-,22-19-,25-23-,29-24+,30-12?,31-13-,32-14+,34-33-. The van der Waals surface area contributed by atoms with E-state index in [0.717, 1.165) is 31.6 Å². The molecule has 0 aliphatic rings. The van der Waals surface area contributed by atoms with Crippen LogP contribution in [0.2, 0.25) is 0 Å². The van der Waals surface area contributed by atoms with E-state index in [4.69, 9.17) is 4.40 Å². The molecule has 0 aromatic carbocycles. The summed E-state index contributed by atoms with van der Waals surface area (Å²) in [6.45, 7) is 16.3. The zero-order chi connectivity index (χ0) is 27.0. The molecule has 0 heterocycles. The highest BCUT2D eigenvalue weighted by molar-refractivity contribution is 7.97. The lowest BCUT2D eigenvalue weighted by atomic mass is 9.91. The zero-order valence-electron chi connectivity index (χ0n) is 23.9. The quantitative estimate of drug-likeness (QED) is 0.118. The fourth-order valence-corrected chi connectivity index (χ4v) is 3.94. The number of rotatable bonds is 16. The minimum Gasteiger partial charge on any atom is -0.368 e. The molecule has 0 bridgehead atoms. The van der Waals surface area contributed by atoms with Crippen LogP contribution in [0.15, 0.2) is 124 Å². The van der Waals surface area contributed by atoms with Crippen LogP contribution in [-0.2, 0) is 0 Å². The second-order valence-electron chi connectivity index (χ2n) is 7.96. The van der Waals surface area contributed by atoms with Gasteiger partial charge in [-0.05, 0) is 96.1 Å². The van der Waals surface area contributed by atoms with Gasteiger partial charge in [0.05, 0.1) is 5.71 Å². The van der Waals surface area contributed by atoms with Crippen LogP contribution in [0.4, 0.5) is 0 Å². The maximum Gasteiger partial charge on any atom is 0.0564 e. The van der Waals surface area contributed by atoms with Gasteiger partial charge in [-0.25, -0.2) is 4.40 Å². The summed E-state index contributed by atoms with van der Waals surface area (Å²) >= 11 is 1.53. The molecule has 0 rings (SSSR count). The molecule has 0 amide bonds. The van der Waals surface area contributed by atoms with Gasteiger partial charge < -0.3 is 4.90 Å². The molecule has 0 aliphatic heterocycles. The van der Waals surface area contributed by atoms with Crippen LogP contribution in [0, 0.1) is 0 Å². The summed E-state index contributed by atoms with van der Waals surface area (Å²) < 4.78 is 4.79. The molecule has 0 aromatic rings. The van der Waals surface area contributed by atoms with E-state index in [-0.39, 0.29) is 0 Å². The largest absolute Gasteiger partial charge is 0.368 e. The Morgan fingerprint density at radius 3 is 1.89 bits per heavy atom. The van der Waals surface area contributed by atoms with Crippen molar-refractivity contribution in [2.75, 3.05) is 19.3 Å². The zero-order valence-corrected chi connectivity index (χ0v) is 24.7. The van der Waals surface area contributed by atoms with E-state index in [2.05, 4.69) is 118 Å². The third kappa shape index (κ3) is 13.9. The lowest BCUT2D eigenvalue weighted by Crippen LogP contribution is -2.22. The normalized spacial score (nSPS) is 15.4. The van der Waals surface area contributed by atoms with E-state index < -0.39 is 0 Å². The van der Waals surface area contributed by atoms with Crippen molar-refractivity contribution in [1.29, 1.82) is 0 Å². The van der Waals surface area contributed by atoms with Crippen molar-refractivity contribution >= 4 is 17.7 Å². The SMILES string of the molecule is CC=C(/C=C\CN(C/C=C\C=C/C)/C(C)=C/C=C\C)C(=C/C)/C(=C\C)C(/CC/C=C\C=C/C)=N\SC. The summed E-state index contributed by atoms with van der Waals surface area (Å²) in [5.41, 5.74) is 6.02. The Morgan fingerprint density at radius 1 is 0.722 bits per heavy atom. The molecular weight excluding hydrogens is 456 g/mol.